The zero-order chi connectivity index (χ0) is 21.5. The van der Waals surface area contributed by atoms with Crippen LogP contribution in [0.2, 0.25) is 0 Å². The molecule has 2 aliphatic rings. The monoisotopic (exact) mass is 418 g/mol. The van der Waals surface area contributed by atoms with Crippen LogP contribution in [0.5, 0.6) is 5.75 Å². The number of aliphatic carboxylic acids is 1. The summed E-state index contributed by atoms with van der Waals surface area (Å²) >= 11 is 0. The average molecular weight is 419 g/mol. The van der Waals surface area contributed by atoms with Crippen molar-refractivity contribution in [2.24, 2.45) is 17.8 Å². The summed E-state index contributed by atoms with van der Waals surface area (Å²) in [6.45, 7) is 2.37. The van der Waals surface area contributed by atoms with E-state index in [1.807, 2.05) is 12.1 Å². The largest absolute Gasteiger partial charge is 0.482 e. The number of fused-ring (bicyclic) bond motifs is 2. The molecule has 166 valence electrons. The molecule has 1 aromatic carbocycles. The number of carboxylic acids is 1. The van der Waals surface area contributed by atoms with E-state index in [2.05, 4.69) is 13.0 Å². The van der Waals surface area contributed by atoms with Gasteiger partial charge in [-0.2, -0.15) is 0 Å². The molecule has 0 spiro atoms. The first kappa shape index (κ1) is 22.6. The molecular formula is C24H34O6. The van der Waals surface area contributed by atoms with E-state index in [0.717, 1.165) is 63.4 Å². The number of carbonyl (C=O) groups is 2. The summed E-state index contributed by atoms with van der Waals surface area (Å²) in [5, 5.41) is 19.7. The minimum atomic E-state index is -0.983. The quantitative estimate of drug-likeness (QED) is 0.397. The third-order valence-corrected chi connectivity index (χ3v) is 6.90. The second-order valence-corrected chi connectivity index (χ2v) is 8.80. The molecule has 1 fully saturated rings. The summed E-state index contributed by atoms with van der Waals surface area (Å²) in [5.41, 5.74) is 2.29. The van der Waals surface area contributed by atoms with Crippen LogP contribution >= 0.6 is 0 Å². The Morgan fingerprint density at radius 2 is 2.10 bits per heavy atom. The van der Waals surface area contributed by atoms with Crippen molar-refractivity contribution < 1.29 is 29.3 Å². The van der Waals surface area contributed by atoms with E-state index >= 15 is 0 Å². The van der Waals surface area contributed by atoms with Gasteiger partial charge in [0.2, 0.25) is 0 Å². The Morgan fingerprint density at radius 1 is 1.27 bits per heavy atom. The molecular weight excluding hydrogens is 384 g/mol. The zero-order valence-electron chi connectivity index (χ0n) is 17.8. The number of benzene rings is 1. The lowest BCUT2D eigenvalue weighted by molar-refractivity contribution is -0.139. The van der Waals surface area contributed by atoms with Crippen molar-refractivity contribution in [3.63, 3.8) is 0 Å². The predicted octanol–water partition coefficient (Wildman–Crippen LogP) is 3.76. The summed E-state index contributed by atoms with van der Waals surface area (Å²) < 4.78 is 10.8. The maximum absolute atomic E-state index is 10.9. The molecule has 5 atom stereocenters. The molecule has 2 aliphatic carbocycles. The van der Waals surface area contributed by atoms with Crippen molar-refractivity contribution in [2.75, 3.05) is 6.61 Å². The molecule has 0 saturated heterocycles. The fraction of sp³-hybridized carbons (Fsp3) is 0.667. The molecule has 2 N–H and O–H groups in total. The second-order valence-electron chi connectivity index (χ2n) is 8.80. The molecule has 1 aromatic rings. The number of carboxylic acid groups (broad SMARTS) is 1. The van der Waals surface area contributed by atoms with Crippen molar-refractivity contribution >= 4 is 12.4 Å². The van der Waals surface area contributed by atoms with Gasteiger partial charge in [0.1, 0.15) is 11.9 Å². The smallest absolute Gasteiger partial charge is 0.341 e. The van der Waals surface area contributed by atoms with Crippen LogP contribution in [0.4, 0.5) is 0 Å². The van der Waals surface area contributed by atoms with Crippen LogP contribution < -0.4 is 4.74 Å². The fourth-order valence-electron chi connectivity index (χ4n) is 5.44. The molecule has 0 aromatic heterocycles. The zero-order valence-corrected chi connectivity index (χ0v) is 17.8. The van der Waals surface area contributed by atoms with Crippen LogP contribution in [0.3, 0.4) is 0 Å². The number of aliphatic hydroxyl groups is 1. The first-order valence-corrected chi connectivity index (χ1v) is 11.3. The van der Waals surface area contributed by atoms with E-state index in [1.54, 1.807) is 0 Å². The number of ether oxygens (including phenoxy) is 2. The maximum atomic E-state index is 10.9. The van der Waals surface area contributed by atoms with E-state index in [9.17, 15) is 14.7 Å². The van der Waals surface area contributed by atoms with Crippen molar-refractivity contribution in [3.8, 4) is 5.75 Å². The average Bonchev–Trinajstić information content (AvgIpc) is 3.02. The molecule has 0 heterocycles. The molecule has 0 bridgehead atoms. The molecule has 0 unspecified atom stereocenters. The van der Waals surface area contributed by atoms with Gasteiger partial charge in [-0.05, 0) is 79.9 Å². The molecule has 6 heteroatoms. The highest BCUT2D eigenvalue weighted by Crippen LogP contribution is 2.48. The van der Waals surface area contributed by atoms with Crippen LogP contribution in [0.15, 0.2) is 18.2 Å². The van der Waals surface area contributed by atoms with E-state index in [-0.39, 0.29) is 24.7 Å². The van der Waals surface area contributed by atoms with Crippen LogP contribution in [-0.2, 0) is 27.2 Å². The minimum absolute atomic E-state index is 0.0628. The third kappa shape index (κ3) is 5.54. The van der Waals surface area contributed by atoms with Gasteiger partial charge < -0.3 is 19.7 Å². The van der Waals surface area contributed by atoms with Gasteiger partial charge in [0.25, 0.3) is 6.47 Å². The number of unbranched alkanes of at least 4 members (excludes halogenated alkanes) is 2. The minimum Gasteiger partial charge on any atom is -0.482 e. The summed E-state index contributed by atoms with van der Waals surface area (Å²) in [4.78, 5) is 21.8. The molecule has 30 heavy (non-hydrogen) atoms. The number of hydrogen-bond donors (Lipinski definition) is 2. The highest BCUT2D eigenvalue weighted by atomic mass is 16.5. The molecule has 0 radical (unpaired) electrons. The van der Waals surface area contributed by atoms with Crippen LogP contribution in [0.25, 0.3) is 0 Å². The SMILES string of the molecule is CCCCC[C@@H](CC[C@@H]1[C@H]2Cc3cccc(OCC(=O)O)c3C[C@H]2C[C@H]1O)OC=O. The van der Waals surface area contributed by atoms with Crippen molar-refractivity contribution in [3.05, 3.63) is 29.3 Å². The van der Waals surface area contributed by atoms with Gasteiger partial charge in [-0.1, -0.05) is 31.9 Å². The highest BCUT2D eigenvalue weighted by Gasteiger charge is 2.45. The van der Waals surface area contributed by atoms with E-state index < -0.39 is 5.97 Å². The Bertz CT molecular complexity index is 718. The second kappa shape index (κ2) is 10.8. The fourth-order valence-corrected chi connectivity index (χ4v) is 5.44. The lowest BCUT2D eigenvalue weighted by atomic mass is 9.73. The van der Waals surface area contributed by atoms with Gasteiger partial charge in [0.05, 0.1) is 6.10 Å². The molecule has 1 saturated carbocycles. The Balaban J connectivity index is 1.64. The van der Waals surface area contributed by atoms with Crippen molar-refractivity contribution in [2.45, 2.75) is 76.9 Å². The first-order chi connectivity index (χ1) is 14.5. The summed E-state index contributed by atoms with van der Waals surface area (Å²) in [5.74, 6) is 0.647. The van der Waals surface area contributed by atoms with E-state index in [0.29, 0.717) is 24.1 Å². The molecule has 6 nitrogen and oxygen atoms in total. The van der Waals surface area contributed by atoms with E-state index in [1.165, 1.54) is 5.56 Å². The Labute approximate surface area is 178 Å². The lowest BCUT2D eigenvalue weighted by Gasteiger charge is -2.32. The molecule has 0 amide bonds. The van der Waals surface area contributed by atoms with Crippen LogP contribution in [-0.4, -0.2) is 41.5 Å². The lowest BCUT2D eigenvalue weighted by Crippen LogP contribution is -2.28. The number of rotatable bonds is 12. The van der Waals surface area contributed by atoms with Crippen molar-refractivity contribution in [1.82, 2.24) is 0 Å². The standard InChI is InChI=1S/C24H34O6/c1-2-3-4-7-18(30-15-25)9-10-19-20-11-16-6-5-8-23(29-14-24(27)28)21(16)12-17(20)13-22(19)26/h5-6,8,15,17-20,22,26H,2-4,7,9-14H2,1H3,(H,27,28)/t17-,18-,19+,20-,22+/m0/s1. The Hall–Kier alpha value is -2.08. The van der Waals surface area contributed by atoms with Gasteiger partial charge in [0, 0.05) is 0 Å². The van der Waals surface area contributed by atoms with Gasteiger partial charge >= 0.3 is 5.97 Å². The van der Waals surface area contributed by atoms with Gasteiger partial charge in [-0.25, -0.2) is 4.79 Å². The molecule has 0 aliphatic heterocycles. The summed E-state index contributed by atoms with van der Waals surface area (Å²) in [6, 6.07) is 5.84. The summed E-state index contributed by atoms with van der Waals surface area (Å²) in [7, 11) is 0. The first-order valence-electron chi connectivity index (χ1n) is 11.3. The van der Waals surface area contributed by atoms with Gasteiger partial charge in [0.15, 0.2) is 6.61 Å². The van der Waals surface area contributed by atoms with Crippen LogP contribution in [0, 0.1) is 17.8 Å². The normalized spacial score (nSPS) is 25.8. The summed E-state index contributed by atoms with van der Waals surface area (Å²) in [6.07, 6.45) is 7.91. The number of aliphatic hydroxyl groups excluding tert-OH is 1. The Morgan fingerprint density at radius 3 is 2.83 bits per heavy atom. The number of hydrogen-bond acceptors (Lipinski definition) is 5. The Kier molecular flexibility index (Phi) is 8.14. The van der Waals surface area contributed by atoms with Gasteiger partial charge in [-0.3, -0.25) is 4.79 Å². The van der Waals surface area contributed by atoms with Crippen molar-refractivity contribution in [1.29, 1.82) is 0 Å². The predicted molar refractivity (Wildman–Crippen MR) is 112 cm³/mol. The highest BCUT2D eigenvalue weighted by molar-refractivity contribution is 5.68. The maximum Gasteiger partial charge on any atom is 0.341 e. The van der Waals surface area contributed by atoms with Crippen LogP contribution in [0.1, 0.15) is 63.0 Å². The third-order valence-electron chi connectivity index (χ3n) is 6.90. The number of carbonyl (C=O) groups excluding carboxylic acids is 1. The molecule has 3 rings (SSSR count). The van der Waals surface area contributed by atoms with Gasteiger partial charge in [-0.15, -0.1) is 0 Å². The topological polar surface area (TPSA) is 93.1 Å². The van der Waals surface area contributed by atoms with E-state index in [4.69, 9.17) is 14.6 Å².